The number of amides is 1. The highest BCUT2D eigenvalue weighted by Crippen LogP contribution is 2.19. The maximum Gasteiger partial charge on any atom is 0.334 e. The molecule has 1 aromatic carbocycles. The normalized spacial score (nSPS) is 17.8. The summed E-state index contributed by atoms with van der Waals surface area (Å²) in [5, 5.41) is 13.1. The lowest BCUT2D eigenvalue weighted by molar-refractivity contribution is -0.154. The van der Waals surface area contributed by atoms with E-state index in [4.69, 9.17) is 9.84 Å². The number of carbonyl (C=O) groups is 2. The van der Waals surface area contributed by atoms with E-state index in [1.807, 2.05) is 0 Å². The number of aliphatic carboxylic acids is 1. The van der Waals surface area contributed by atoms with Crippen LogP contribution in [0.4, 0.5) is 4.39 Å². The molecule has 126 valence electrons. The number of hydrogen-bond donors (Lipinski definition) is 1. The van der Waals surface area contributed by atoms with Gasteiger partial charge in [0.2, 0.25) is 0 Å². The molecule has 0 radical (unpaired) electrons. The molecule has 0 saturated carbocycles. The average molecular weight is 333 g/mol. The van der Waals surface area contributed by atoms with Gasteiger partial charge in [0.1, 0.15) is 11.5 Å². The summed E-state index contributed by atoms with van der Waals surface area (Å²) in [6.45, 7) is 2.09. The Balaban J connectivity index is 1.87. The van der Waals surface area contributed by atoms with Crippen LogP contribution < -0.4 is 0 Å². The van der Waals surface area contributed by atoms with E-state index in [2.05, 4.69) is 5.10 Å². The summed E-state index contributed by atoms with van der Waals surface area (Å²) in [6.07, 6.45) is 0.333. The molecule has 24 heavy (non-hydrogen) atoms. The third-order valence-electron chi connectivity index (χ3n) is 3.95. The second kappa shape index (κ2) is 6.40. The number of rotatable bonds is 3. The Kier molecular flexibility index (Phi) is 4.30. The van der Waals surface area contributed by atoms with Crippen LogP contribution in [0.3, 0.4) is 0 Å². The third-order valence-corrected chi connectivity index (χ3v) is 3.95. The number of hydrogen-bond acceptors (Lipinski definition) is 4. The van der Waals surface area contributed by atoms with Gasteiger partial charge in [-0.1, -0.05) is 12.1 Å². The monoisotopic (exact) mass is 333 g/mol. The molecule has 3 rings (SSSR count). The highest BCUT2D eigenvalue weighted by Gasteiger charge is 2.31. The van der Waals surface area contributed by atoms with Crippen LogP contribution in [-0.2, 0) is 9.53 Å². The van der Waals surface area contributed by atoms with E-state index in [-0.39, 0.29) is 24.7 Å². The molecular formula is C16H16FN3O4. The molecule has 1 fully saturated rings. The Morgan fingerprint density at radius 1 is 1.38 bits per heavy atom. The molecule has 0 bridgehead atoms. The van der Waals surface area contributed by atoms with Crippen LogP contribution in [0.25, 0.3) is 5.69 Å². The number of halogens is 1. The van der Waals surface area contributed by atoms with E-state index >= 15 is 0 Å². The van der Waals surface area contributed by atoms with Gasteiger partial charge in [0.15, 0.2) is 6.10 Å². The summed E-state index contributed by atoms with van der Waals surface area (Å²) < 4.78 is 20.4. The first-order valence-electron chi connectivity index (χ1n) is 7.42. The molecule has 1 aliphatic rings. The van der Waals surface area contributed by atoms with Crippen LogP contribution in [0.5, 0.6) is 0 Å². The van der Waals surface area contributed by atoms with Crippen LogP contribution in [0, 0.1) is 12.7 Å². The summed E-state index contributed by atoms with van der Waals surface area (Å²) in [4.78, 5) is 25.1. The number of para-hydroxylation sites is 1. The first-order valence-corrected chi connectivity index (χ1v) is 7.42. The van der Waals surface area contributed by atoms with Gasteiger partial charge in [0.25, 0.3) is 5.91 Å². The maximum atomic E-state index is 13.9. The standard InChI is InChI=1S/C16H16FN3O4/c1-10-11(8-18-20(10)13-5-3-2-4-12(13)17)15(21)19-6-7-24-14(9-19)16(22)23/h2-5,8,14H,6-7,9H2,1H3,(H,22,23)/t14-/m1/s1. The molecule has 1 amide bonds. The van der Waals surface area contributed by atoms with Crippen LogP contribution in [0.2, 0.25) is 0 Å². The van der Waals surface area contributed by atoms with Crippen LogP contribution in [0.15, 0.2) is 30.5 Å². The van der Waals surface area contributed by atoms with Crippen molar-refractivity contribution in [2.45, 2.75) is 13.0 Å². The number of carboxylic acid groups (broad SMARTS) is 1. The van der Waals surface area contributed by atoms with Crippen molar-refractivity contribution >= 4 is 11.9 Å². The molecule has 1 saturated heterocycles. The minimum atomic E-state index is -1.11. The quantitative estimate of drug-likeness (QED) is 0.914. The number of benzene rings is 1. The molecular weight excluding hydrogens is 317 g/mol. The van der Waals surface area contributed by atoms with E-state index in [9.17, 15) is 14.0 Å². The lowest BCUT2D eigenvalue weighted by Gasteiger charge is -2.30. The van der Waals surface area contributed by atoms with Gasteiger partial charge in [-0.25, -0.2) is 13.9 Å². The summed E-state index contributed by atoms with van der Waals surface area (Å²) in [5.74, 6) is -1.89. The van der Waals surface area contributed by atoms with Crippen molar-refractivity contribution in [3.63, 3.8) is 0 Å². The van der Waals surface area contributed by atoms with Crippen molar-refractivity contribution in [2.24, 2.45) is 0 Å². The van der Waals surface area contributed by atoms with Gasteiger partial charge in [-0.15, -0.1) is 0 Å². The number of morpholine rings is 1. The van der Waals surface area contributed by atoms with Gasteiger partial charge in [-0.3, -0.25) is 4.79 Å². The summed E-state index contributed by atoms with van der Waals surface area (Å²) >= 11 is 0. The molecule has 0 unspecified atom stereocenters. The number of carbonyl (C=O) groups excluding carboxylic acids is 1. The van der Waals surface area contributed by atoms with Gasteiger partial charge >= 0.3 is 5.97 Å². The Morgan fingerprint density at radius 2 is 2.12 bits per heavy atom. The molecule has 7 nitrogen and oxygen atoms in total. The number of carboxylic acids is 1. The SMILES string of the molecule is Cc1c(C(=O)N2CCO[C@@H](C(=O)O)C2)cnn1-c1ccccc1F. The van der Waals surface area contributed by atoms with Gasteiger partial charge in [0, 0.05) is 6.54 Å². The van der Waals surface area contributed by atoms with Gasteiger partial charge in [-0.2, -0.15) is 5.10 Å². The predicted molar refractivity (Wildman–Crippen MR) is 81.5 cm³/mol. The molecule has 0 aliphatic carbocycles. The zero-order valence-electron chi connectivity index (χ0n) is 13.0. The van der Waals surface area contributed by atoms with Crippen LogP contribution in [-0.4, -0.2) is 57.5 Å². The van der Waals surface area contributed by atoms with Crippen molar-refractivity contribution in [2.75, 3.05) is 19.7 Å². The zero-order chi connectivity index (χ0) is 17.3. The van der Waals surface area contributed by atoms with E-state index in [0.717, 1.165) is 0 Å². The van der Waals surface area contributed by atoms with E-state index in [1.165, 1.54) is 21.8 Å². The predicted octanol–water partition coefficient (Wildman–Crippen LogP) is 1.25. The lowest BCUT2D eigenvalue weighted by atomic mass is 10.2. The molecule has 1 atom stereocenters. The van der Waals surface area contributed by atoms with Gasteiger partial charge < -0.3 is 14.7 Å². The zero-order valence-corrected chi connectivity index (χ0v) is 13.0. The lowest BCUT2D eigenvalue weighted by Crippen LogP contribution is -2.48. The second-order valence-corrected chi connectivity index (χ2v) is 5.46. The summed E-state index contributed by atoms with van der Waals surface area (Å²) in [6, 6.07) is 6.14. The van der Waals surface area contributed by atoms with Crippen molar-refractivity contribution in [1.82, 2.24) is 14.7 Å². The maximum absolute atomic E-state index is 13.9. The van der Waals surface area contributed by atoms with E-state index in [0.29, 0.717) is 17.8 Å². The van der Waals surface area contributed by atoms with Gasteiger partial charge in [0.05, 0.1) is 30.6 Å². The number of ether oxygens (including phenoxy) is 1. The van der Waals surface area contributed by atoms with Crippen molar-refractivity contribution in [3.8, 4) is 5.69 Å². The highest BCUT2D eigenvalue weighted by molar-refractivity contribution is 5.95. The van der Waals surface area contributed by atoms with Crippen molar-refractivity contribution in [1.29, 1.82) is 0 Å². The number of nitrogens with zero attached hydrogens (tertiary/aromatic N) is 3. The van der Waals surface area contributed by atoms with E-state index < -0.39 is 17.9 Å². The Morgan fingerprint density at radius 3 is 2.83 bits per heavy atom. The fourth-order valence-corrected chi connectivity index (χ4v) is 2.64. The highest BCUT2D eigenvalue weighted by atomic mass is 19.1. The minimum absolute atomic E-state index is 0.0293. The van der Waals surface area contributed by atoms with E-state index in [1.54, 1.807) is 25.1 Å². The van der Waals surface area contributed by atoms with Crippen molar-refractivity contribution < 1.29 is 23.8 Å². The van der Waals surface area contributed by atoms with Crippen LogP contribution in [0.1, 0.15) is 16.1 Å². The topological polar surface area (TPSA) is 84.7 Å². The smallest absolute Gasteiger partial charge is 0.334 e. The third kappa shape index (κ3) is 2.88. The molecule has 8 heteroatoms. The Labute approximate surface area is 137 Å². The molecule has 2 aromatic rings. The fraction of sp³-hybridized carbons (Fsp3) is 0.312. The molecule has 0 spiro atoms. The molecule has 2 heterocycles. The Hall–Kier alpha value is -2.74. The van der Waals surface area contributed by atoms with Crippen molar-refractivity contribution in [3.05, 3.63) is 47.5 Å². The minimum Gasteiger partial charge on any atom is -0.479 e. The molecule has 1 N–H and O–H groups in total. The first-order chi connectivity index (χ1) is 11.5. The molecule has 1 aromatic heterocycles. The largest absolute Gasteiger partial charge is 0.479 e. The van der Waals surface area contributed by atoms with Gasteiger partial charge in [-0.05, 0) is 19.1 Å². The summed E-state index contributed by atoms with van der Waals surface area (Å²) in [5.41, 5.74) is 1.05. The first kappa shape index (κ1) is 16.1. The number of aromatic nitrogens is 2. The second-order valence-electron chi connectivity index (χ2n) is 5.46. The van der Waals surface area contributed by atoms with Crippen LogP contribution >= 0.6 is 0 Å². The Bertz CT molecular complexity index is 789. The summed E-state index contributed by atoms with van der Waals surface area (Å²) in [7, 11) is 0. The fourth-order valence-electron chi connectivity index (χ4n) is 2.64. The average Bonchev–Trinajstić information content (AvgIpc) is 2.96. The molecule has 1 aliphatic heterocycles.